The molecule has 3 aromatic heterocycles. The van der Waals surface area contributed by atoms with Gasteiger partial charge in [-0.05, 0) is 86.1 Å². The highest BCUT2D eigenvalue weighted by Gasteiger charge is 2.51. The summed E-state index contributed by atoms with van der Waals surface area (Å²) in [6.07, 6.45) is -1.43. The van der Waals surface area contributed by atoms with Gasteiger partial charge in [0.25, 0.3) is 0 Å². The van der Waals surface area contributed by atoms with Gasteiger partial charge in [0, 0.05) is 70.3 Å². The molecular weight excluding hydrogens is 809 g/mol. The molecule has 302 valence electrons. The fourth-order valence-corrected chi connectivity index (χ4v) is 9.89. The Morgan fingerprint density at radius 1 is 1.08 bits per heavy atom. The van der Waals surface area contributed by atoms with Crippen LogP contribution in [0.4, 0.5) is 17.6 Å². The van der Waals surface area contributed by atoms with Gasteiger partial charge in [0.1, 0.15) is 11.3 Å². The number of amides is 1. The first-order valence-electron chi connectivity index (χ1n) is 19.6. The van der Waals surface area contributed by atoms with Crippen LogP contribution in [0.2, 0.25) is 10.0 Å². The molecule has 2 bridgehead atoms. The number of alkyl halides is 3. The van der Waals surface area contributed by atoms with Crippen molar-refractivity contribution in [3.63, 3.8) is 0 Å². The number of nitrogens with zero attached hydrogens (tertiary/aromatic N) is 8. The number of nitrogens with one attached hydrogen (secondary N) is 1. The number of tetrazole rings is 1. The highest BCUT2D eigenvalue weighted by Crippen LogP contribution is 2.52. The van der Waals surface area contributed by atoms with Crippen molar-refractivity contribution in [3.8, 4) is 34.3 Å². The van der Waals surface area contributed by atoms with Crippen LogP contribution in [0.15, 0.2) is 54.6 Å². The molecule has 5 fully saturated rings. The van der Waals surface area contributed by atoms with E-state index in [2.05, 4.69) is 42.2 Å². The van der Waals surface area contributed by atoms with Crippen molar-refractivity contribution in [1.29, 1.82) is 5.26 Å². The smallest absolute Gasteiger partial charge is 0.406 e. The minimum absolute atomic E-state index is 0.0272. The zero-order chi connectivity index (χ0) is 40.9. The second-order valence-corrected chi connectivity index (χ2v) is 16.7. The molecule has 1 N–H and O–H groups in total. The number of hydrogen-bond acceptors (Lipinski definition) is 8. The lowest BCUT2D eigenvalue weighted by Crippen LogP contribution is -2.41. The van der Waals surface area contributed by atoms with E-state index in [1.54, 1.807) is 24.3 Å². The van der Waals surface area contributed by atoms with Crippen molar-refractivity contribution in [2.75, 3.05) is 13.1 Å². The van der Waals surface area contributed by atoms with Crippen LogP contribution in [-0.2, 0) is 11.2 Å². The molecule has 17 heteroatoms. The molecule has 3 saturated heterocycles. The normalized spacial score (nSPS) is 22.6. The third-order valence-corrected chi connectivity index (χ3v) is 13.2. The lowest BCUT2D eigenvalue weighted by atomic mass is 9.79. The summed E-state index contributed by atoms with van der Waals surface area (Å²) in [4.78, 5) is 22.4. The molecule has 5 aliphatic rings. The molecule has 59 heavy (non-hydrogen) atoms. The topological polar surface area (TPSA) is 127 Å². The van der Waals surface area contributed by atoms with E-state index in [4.69, 9.17) is 28.2 Å². The number of likely N-dealkylation sites (tertiary alicyclic amines) is 1. The second kappa shape index (κ2) is 14.2. The van der Waals surface area contributed by atoms with Crippen LogP contribution in [0.5, 0.6) is 5.75 Å². The van der Waals surface area contributed by atoms with Gasteiger partial charge in [-0.25, -0.2) is 9.37 Å². The zero-order valence-corrected chi connectivity index (χ0v) is 33.0. The predicted octanol–water partition coefficient (Wildman–Crippen LogP) is 9.08. The molecule has 11 rings (SSSR count). The number of hydrogen-bond donors (Lipinski definition) is 1. The van der Waals surface area contributed by atoms with E-state index in [9.17, 15) is 23.2 Å². The lowest BCUT2D eigenvalue weighted by molar-refractivity contribution is -0.274. The van der Waals surface area contributed by atoms with Crippen molar-refractivity contribution < 1.29 is 27.1 Å². The number of aryl methyl sites for hydroxylation is 2. The molecule has 11 nitrogen and oxygen atoms in total. The maximum Gasteiger partial charge on any atom is 0.573 e. The Balaban J connectivity index is 1.12. The van der Waals surface area contributed by atoms with Gasteiger partial charge in [0.15, 0.2) is 5.82 Å². The van der Waals surface area contributed by atoms with Crippen LogP contribution in [0.1, 0.15) is 67.2 Å². The van der Waals surface area contributed by atoms with Crippen LogP contribution < -0.4 is 10.1 Å². The number of pyridine rings is 1. The molecule has 5 unspecified atom stereocenters. The average Bonchev–Trinajstić information content (AvgIpc) is 3.70. The third-order valence-electron chi connectivity index (χ3n) is 12.3. The highest BCUT2D eigenvalue weighted by atomic mass is 35.5. The van der Waals surface area contributed by atoms with Gasteiger partial charge >= 0.3 is 6.36 Å². The Labute approximate surface area is 344 Å². The van der Waals surface area contributed by atoms with E-state index in [0.29, 0.717) is 46.7 Å². The van der Waals surface area contributed by atoms with Gasteiger partial charge in [0.2, 0.25) is 11.7 Å². The molecule has 0 spiro atoms. The molecule has 3 aliphatic heterocycles. The average molecular weight is 845 g/mol. The molecule has 6 aromatic rings. The van der Waals surface area contributed by atoms with E-state index in [1.807, 2.05) is 17.9 Å². The van der Waals surface area contributed by atoms with Crippen LogP contribution >= 0.6 is 23.2 Å². The number of carbonyl (C=O) groups is 1. The van der Waals surface area contributed by atoms with Crippen LogP contribution in [0.3, 0.4) is 0 Å². The van der Waals surface area contributed by atoms with E-state index >= 15 is 4.39 Å². The van der Waals surface area contributed by atoms with Gasteiger partial charge < -0.3 is 19.5 Å². The van der Waals surface area contributed by atoms with Gasteiger partial charge in [-0.3, -0.25) is 4.79 Å². The number of carbonyl (C=O) groups excluding carboxylic acids is 1. The number of halogens is 6. The highest BCUT2D eigenvalue weighted by molar-refractivity contribution is 6.43. The molecule has 2 aliphatic carbocycles. The minimum Gasteiger partial charge on any atom is -0.406 e. The molecule has 6 heterocycles. The van der Waals surface area contributed by atoms with Crippen LogP contribution in [0, 0.1) is 35.9 Å². The molecule has 2 saturated carbocycles. The summed E-state index contributed by atoms with van der Waals surface area (Å²) in [6.45, 7) is 2.98. The fourth-order valence-electron chi connectivity index (χ4n) is 9.50. The largest absolute Gasteiger partial charge is 0.573 e. The van der Waals surface area contributed by atoms with E-state index in [0.717, 1.165) is 42.4 Å². The summed E-state index contributed by atoms with van der Waals surface area (Å²) in [5.74, 6) is -0.582. The summed E-state index contributed by atoms with van der Waals surface area (Å²) in [5.41, 5.74) is 4.08. The Morgan fingerprint density at radius 3 is 2.63 bits per heavy atom. The number of nitriles is 1. The Bertz CT molecular complexity index is 2730. The number of aromatic nitrogens is 6. The summed E-state index contributed by atoms with van der Waals surface area (Å²) < 4.78 is 62.7. The lowest BCUT2D eigenvalue weighted by Gasteiger charge is -2.39. The Morgan fingerprint density at radius 2 is 1.90 bits per heavy atom. The van der Waals surface area contributed by atoms with E-state index < -0.39 is 30.0 Å². The quantitative estimate of drug-likeness (QED) is 0.143. The van der Waals surface area contributed by atoms with Crippen molar-refractivity contribution in [3.05, 3.63) is 87.4 Å². The first-order chi connectivity index (χ1) is 28.4. The maximum absolute atomic E-state index is 17.3. The van der Waals surface area contributed by atoms with Crippen molar-refractivity contribution >= 4 is 50.9 Å². The first kappa shape index (κ1) is 37.9. The molecule has 0 radical (unpaired) electrons. The predicted molar refractivity (Wildman–Crippen MR) is 211 cm³/mol. The zero-order valence-electron chi connectivity index (χ0n) is 31.5. The van der Waals surface area contributed by atoms with Crippen molar-refractivity contribution in [1.82, 2.24) is 40.0 Å². The summed E-state index contributed by atoms with van der Waals surface area (Å²) in [6, 6.07) is 16.1. The summed E-state index contributed by atoms with van der Waals surface area (Å²) in [7, 11) is 0. The first-order valence-corrected chi connectivity index (χ1v) is 20.3. The Kier molecular flexibility index (Phi) is 9.11. The van der Waals surface area contributed by atoms with E-state index in [-0.39, 0.29) is 63.7 Å². The SMILES string of the molecule is Cc1nc2c(F)c(-c3cccc(Cl)c3Cl)c(CCC#N)cc2c2c1cc(C1CC(n3nnc(-c4cccc(OC(F)(F)F)c4)n3)CN1C(=O)C1CC1)n2C1C2CNC1C2. The van der Waals surface area contributed by atoms with Gasteiger partial charge in [0.05, 0.1) is 39.8 Å². The van der Waals surface area contributed by atoms with Gasteiger partial charge in [-0.1, -0.05) is 47.5 Å². The number of fused-ring (bicyclic) bond motifs is 4. The monoisotopic (exact) mass is 843 g/mol. The molecule has 5 atom stereocenters. The van der Waals surface area contributed by atoms with Crippen molar-refractivity contribution in [2.24, 2.45) is 11.8 Å². The third kappa shape index (κ3) is 6.47. The minimum atomic E-state index is -4.86. The second-order valence-electron chi connectivity index (χ2n) is 16.0. The molecule has 1 amide bonds. The summed E-state index contributed by atoms with van der Waals surface area (Å²) >= 11 is 13.1. The van der Waals surface area contributed by atoms with Gasteiger partial charge in [-0.2, -0.15) is 10.1 Å². The Hall–Kier alpha value is -5.30. The molecule has 3 aromatic carbocycles. The number of benzene rings is 3. The standard InChI is InChI=1S/C42H35Cl2F4N9O2/c1-20-28-17-33(32-16-25(19-55(32)41(58)21-10-11-21)57-53-40(52-54-57)23-5-2-7-26(13-23)59-42(46,47)48)56(38-24-15-31(38)50-18-24)39(28)29-14-22(6-4-12-49)34(36(45)37(29)51-20)27-8-3-9-30(43)35(27)44/h2-3,5,7-9,13-14,17,21,24-25,31-32,38,50H,4,6,10-11,15-16,18-19H2,1H3. The van der Waals surface area contributed by atoms with Crippen LogP contribution in [0.25, 0.3) is 44.3 Å². The van der Waals surface area contributed by atoms with Gasteiger partial charge in [-0.15, -0.1) is 23.4 Å². The van der Waals surface area contributed by atoms with Crippen molar-refractivity contribution in [2.45, 2.75) is 76.0 Å². The number of rotatable bonds is 9. The fraction of sp³-hybridized carbons (Fsp3) is 0.381. The maximum atomic E-state index is 17.3. The summed E-state index contributed by atoms with van der Waals surface area (Å²) in [5, 5.41) is 28.3. The number of ether oxygens (including phenoxy) is 1. The van der Waals surface area contributed by atoms with E-state index in [1.165, 1.54) is 23.0 Å². The molecular formula is C42H35Cl2F4N9O2. The van der Waals surface area contributed by atoms with Crippen LogP contribution in [-0.4, -0.2) is 66.1 Å².